The first-order valence-electron chi connectivity index (χ1n) is 6.96. The van der Waals surface area contributed by atoms with Crippen LogP contribution in [0, 0.1) is 0 Å². The molecule has 1 fully saturated rings. The van der Waals surface area contributed by atoms with Gasteiger partial charge in [-0.15, -0.1) is 0 Å². The van der Waals surface area contributed by atoms with E-state index in [9.17, 15) is 4.79 Å². The SMILES string of the molecule is CCOC(CN)CC(=O)NCCC1CCCCO1. The molecule has 106 valence electrons. The lowest BCUT2D eigenvalue weighted by Gasteiger charge is -2.22. The summed E-state index contributed by atoms with van der Waals surface area (Å²) in [6, 6.07) is 0. The number of hydrogen-bond acceptors (Lipinski definition) is 4. The normalized spacial score (nSPS) is 21.6. The summed E-state index contributed by atoms with van der Waals surface area (Å²) in [5.41, 5.74) is 5.53. The van der Waals surface area contributed by atoms with Crippen LogP contribution in [0.15, 0.2) is 0 Å². The van der Waals surface area contributed by atoms with Crippen molar-refractivity contribution in [2.75, 3.05) is 26.3 Å². The van der Waals surface area contributed by atoms with Gasteiger partial charge in [-0.3, -0.25) is 4.79 Å². The van der Waals surface area contributed by atoms with Crippen molar-refractivity contribution in [3.8, 4) is 0 Å². The van der Waals surface area contributed by atoms with Gasteiger partial charge >= 0.3 is 0 Å². The number of rotatable bonds is 8. The van der Waals surface area contributed by atoms with Crippen LogP contribution in [-0.4, -0.2) is 44.4 Å². The van der Waals surface area contributed by atoms with E-state index in [-0.39, 0.29) is 12.0 Å². The Morgan fingerprint density at radius 3 is 3.00 bits per heavy atom. The highest BCUT2D eigenvalue weighted by molar-refractivity contribution is 5.76. The first kappa shape index (κ1) is 15.4. The summed E-state index contributed by atoms with van der Waals surface area (Å²) in [7, 11) is 0. The number of ether oxygens (including phenoxy) is 2. The minimum atomic E-state index is -0.166. The maximum atomic E-state index is 11.6. The van der Waals surface area contributed by atoms with E-state index in [1.807, 2.05) is 6.92 Å². The van der Waals surface area contributed by atoms with Crippen molar-refractivity contribution in [2.45, 2.75) is 51.2 Å². The van der Waals surface area contributed by atoms with Gasteiger partial charge in [-0.2, -0.15) is 0 Å². The predicted molar refractivity (Wildman–Crippen MR) is 70.3 cm³/mol. The van der Waals surface area contributed by atoms with Gasteiger partial charge in [0.2, 0.25) is 5.91 Å². The summed E-state index contributed by atoms with van der Waals surface area (Å²) in [6.07, 6.45) is 4.90. The smallest absolute Gasteiger partial charge is 0.222 e. The van der Waals surface area contributed by atoms with E-state index in [4.69, 9.17) is 15.2 Å². The molecule has 1 heterocycles. The second-order valence-corrected chi connectivity index (χ2v) is 4.64. The molecule has 0 bridgehead atoms. The lowest BCUT2D eigenvalue weighted by molar-refractivity contribution is -0.123. The molecule has 0 aromatic carbocycles. The van der Waals surface area contributed by atoms with Crippen LogP contribution in [0.25, 0.3) is 0 Å². The molecule has 1 aliphatic rings. The third-order valence-electron chi connectivity index (χ3n) is 3.14. The Kier molecular flexibility index (Phi) is 7.96. The van der Waals surface area contributed by atoms with Crippen molar-refractivity contribution in [1.29, 1.82) is 0 Å². The minimum absolute atomic E-state index is 0.00899. The fraction of sp³-hybridized carbons (Fsp3) is 0.923. The van der Waals surface area contributed by atoms with Gasteiger partial charge in [0.15, 0.2) is 0 Å². The molecule has 5 heteroatoms. The molecule has 1 rings (SSSR count). The standard InChI is InChI=1S/C13H26N2O3/c1-2-17-12(10-14)9-13(16)15-7-6-11-5-3-4-8-18-11/h11-12H,2-10,14H2,1H3,(H,15,16). The van der Waals surface area contributed by atoms with Crippen LogP contribution in [0.5, 0.6) is 0 Å². The molecule has 18 heavy (non-hydrogen) atoms. The van der Waals surface area contributed by atoms with E-state index in [2.05, 4.69) is 5.32 Å². The van der Waals surface area contributed by atoms with Crippen molar-refractivity contribution in [3.05, 3.63) is 0 Å². The maximum Gasteiger partial charge on any atom is 0.222 e. The van der Waals surface area contributed by atoms with Crippen LogP contribution in [0.4, 0.5) is 0 Å². The molecule has 3 N–H and O–H groups in total. The fourth-order valence-corrected chi connectivity index (χ4v) is 2.13. The molecular weight excluding hydrogens is 232 g/mol. The number of carbonyl (C=O) groups excluding carboxylic acids is 1. The first-order chi connectivity index (χ1) is 8.76. The molecular formula is C13H26N2O3. The van der Waals surface area contributed by atoms with Crippen LogP contribution < -0.4 is 11.1 Å². The average molecular weight is 258 g/mol. The summed E-state index contributed by atoms with van der Waals surface area (Å²) >= 11 is 0. The third kappa shape index (κ3) is 6.33. The molecule has 0 saturated carbocycles. The fourth-order valence-electron chi connectivity index (χ4n) is 2.13. The molecule has 2 unspecified atom stereocenters. The maximum absolute atomic E-state index is 11.6. The van der Waals surface area contributed by atoms with E-state index in [0.717, 1.165) is 25.9 Å². The van der Waals surface area contributed by atoms with Gasteiger partial charge in [0, 0.05) is 26.3 Å². The van der Waals surface area contributed by atoms with Gasteiger partial charge < -0.3 is 20.5 Å². The zero-order chi connectivity index (χ0) is 13.2. The Morgan fingerprint density at radius 1 is 1.56 bits per heavy atom. The number of nitrogens with two attached hydrogens (primary N) is 1. The Balaban J connectivity index is 2.08. The second-order valence-electron chi connectivity index (χ2n) is 4.64. The molecule has 0 aromatic rings. The Hall–Kier alpha value is -0.650. The van der Waals surface area contributed by atoms with Crippen LogP contribution in [0.2, 0.25) is 0 Å². The van der Waals surface area contributed by atoms with E-state index >= 15 is 0 Å². The summed E-state index contributed by atoms with van der Waals surface area (Å²) in [4.78, 5) is 11.6. The van der Waals surface area contributed by atoms with Crippen molar-refractivity contribution in [1.82, 2.24) is 5.32 Å². The van der Waals surface area contributed by atoms with Crippen LogP contribution in [0.3, 0.4) is 0 Å². The lowest BCUT2D eigenvalue weighted by Crippen LogP contribution is -2.34. The first-order valence-corrected chi connectivity index (χ1v) is 6.96. The Bertz CT molecular complexity index is 230. The van der Waals surface area contributed by atoms with E-state index in [1.54, 1.807) is 0 Å². The summed E-state index contributed by atoms with van der Waals surface area (Å²) in [6.45, 7) is 4.41. The van der Waals surface area contributed by atoms with Gasteiger partial charge in [-0.05, 0) is 32.6 Å². The van der Waals surface area contributed by atoms with E-state index < -0.39 is 0 Å². The molecule has 0 aromatic heterocycles. The van der Waals surface area contributed by atoms with Gasteiger partial charge in [0.05, 0.1) is 18.6 Å². The number of carbonyl (C=O) groups is 1. The quantitative estimate of drug-likeness (QED) is 0.676. The number of nitrogens with one attached hydrogen (secondary N) is 1. The topological polar surface area (TPSA) is 73.6 Å². The number of amides is 1. The molecule has 0 radical (unpaired) electrons. The van der Waals surface area contributed by atoms with Crippen LogP contribution in [0.1, 0.15) is 39.0 Å². The Morgan fingerprint density at radius 2 is 2.39 bits per heavy atom. The summed E-state index contributed by atoms with van der Waals surface area (Å²) < 4.78 is 11.0. The van der Waals surface area contributed by atoms with Crippen LogP contribution in [-0.2, 0) is 14.3 Å². The van der Waals surface area contributed by atoms with Crippen molar-refractivity contribution in [3.63, 3.8) is 0 Å². The zero-order valence-electron chi connectivity index (χ0n) is 11.3. The molecule has 5 nitrogen and oxygen atoms in total. The van der Waals surface area contributed by atoms with E-state index in [0.29, 0.717) is 32.2 Å². The highest BCUT2D eigenvalue weighted by Crippen LogP contribution is 2.14. The monoisotopic (exact) mass is 258 g/mol. The Labute approximate surface area is 109 Å². The van der Waals surface area contributed by atoms with Gasteiger partial charge in [-0.25, -0.2) is 0 Å². The number of hydrogen-bond donors (Lipinski definition) is 2. The lowest BCUT2D eigenvalue weighted by atomic mass is 10.1. The summed E-state index contributed by atoms with van der Waals surface area (Å²) in [5, 5.41) is 2.90. The zero-order valence-corrected chi connectivity index (χ0v) is 11.3. The second kappa shape index (κ2) is 9.30. The molecule has 1 saturated heterocycles. The van der Waals surface area contributed by atoms with Crippen molar-refractivity contribution >= 4 is 5.91 Å². The average Bonchev–Trinajstić information content (AvgIpc) is 2.39. The minimum Gasteiger partial charge on any atom is -0.378 e. The van der Waals surface area contributed by atoms with Gasteiger partial charge in [0.25, 0.3) is 0 Å². The van der Waals surface area contributed by atoms with E-state index in [1.165, 1.54) is 6.42 Å². The van der Waals surface area contributed by atoms with Crippen molar-refractivity contribution < 1.29 is 14.3 Å². The predicted octanol–water partition coefficient (Wildman–Crippen LogP) is 0.816. The molecule has 0 aliphatic carbocycles. The van der Waals surface area contributed by atoms with Gasteiger partial charge in [-0.1, -0.05) is 0 Å². The molecule has 0 spiro atoms. The molecule has 1 amide bonds. The summed E-state index contributed by atoms with van der Waals surface area (Å²) in [5.74, 6) is 0.00899. The largest absolute Gasteiger partial charge is 0.378 e. The van der Waals surface area contributed by atoms with Gasteiger partial charge in [0.1, 0.15) is 0 Å². The van der Waals surface area contributed by atoms with Crippen molar-refractivity contribution in [2.24, 2.45) is 5.73 Å². The molecule has 1 aliphatic heterocycles. The van der Waals surface area contributed by atoms with Crippen LogP contribution >= 0.6 is 0 Å². The third-order valence-corrected chi connectivity index (χ3v) is 3.14. The highest BCUT2D eigenvalue weighted by Gasteiger charge is 2.15. The molecule has 2 atom stereocenters. The highest BCUT2D eigenvalue weighted by atomic mass is 16.5.